The first kappa shape index (κ1) is 16.1. The van der Waals surface area contributed by atoms with Crippen LogP contribution in [0.2, 0.25) is 5.02 Å². The van der Waals surface area contributed by atoms with E-state index in [9.17, 15) is 4.79 Å². The fourth-order valence-corrected chi connectivity index (χ4v) is 2.25. The van der Waals surface area contributed by atoms with Gasteiger partial charge in [-0.3, -0.25) is 4.98 Å². The summed E-state index contributed by atoms with van der Waals surface area (Å²) in [6, 6.07) is 14.0. The van der Waals surface area contributed by atoms with Crippen LogP contribution in [-0.4, -0.2) is 16.1 Å². The van der Waals surface area contributed by atoms with Crippen molar-refractivity contribution in [1.82, 2.24) is 4.98 Å². The summed E-state index contributed by atoms with van der Waals surface area (Å²) < 4.78 is 0. The molecule has 6 heteroatoms. The topological polar surface area (TPSA) is 62.2 Å². The van der Waals surface area contributed by atoms with Crippen LogP contribution in [0, 0.1) is 0 Å². The summed E-state index contributed by atoms with van der Waals surface area (Å²) in [6.45, 7) is 0. The molecule has 0 spiro atoms. The van der Waals surface area contributed by atoms with Gasteiger partial charge in [-0.05, 0) is 48.5 Å². The number of aromatic carboxylic acids is 1. The molecule has 0 saturated carbocycles. The Morgan fingerprint density at radius 1 is 1.09 bits per heavy atom. The number of nitrogens with one attached hydrogen (secondary N) is 1. The number of halogens is 2. The summed E-state index contributed by atoms with van der Waals surface area (Å²) in [6.07, 6.45) is 1.70. The fourth-order valence-electron chi connectivity index (χ4n) is 2.08. The molecule has 0 aliphatic heterocycles. The first-order valence-electron chi connectivity index (χ1n) is 6.28. The van der Waals surface area contributed by atoms with Gasteiger partial charge in [-0.1, -0.05) is 11.6 Å². The number of hydrogen-bond acceptors (Lipinski definition) is 3. The second-order valence-electron chi connectivity index (χ2n) is 4.53. The van der Waals surface area contributed by atoms with Gasteiger partial charge in [-0.25, -0.2) is 4.79 Å². The number of carboxylic acid groups (broad SMARTS) is 1. The van der Waals surface area contributed by atoms with E-state index in [1.165, 1.54) is 0 Å². The van der Waals surface area contributed by atoms with Crippen molar-refractivity contribution in [3.63, 3.8) is 0 Å². The second-order valence-corrected chi connectivity index (χ2v) is 4.96. The monoisotopic (exact) mass is 334 g/mol. The minimum Gasteiger partial charge on any atom is -0.478 e. The lowest BCUT2D eigenvalue weighted by Crippen LogP contribution is -1.97. The van der Waals surface area contributed by atoms with E-state index in [1.807, 2.05) is 18.2 Å². The summed E-state index contributed by atoms with van der Waals surface area (Å²) in [5.74, 6) is -0.939. The third kappa shape index (κ3) is 3.30. The number of hydrogen-bond donors (Lipinski definition) is 2. The fraction of sp³-hybridized carbons (Fsp3) is 0. The highest BCUT2D eigenvalue weighted by Gasteiger charge is 2.05. The van der Waals surface area contributed by atoms with Gasteiger partial charge >= 0.3 is 5.97 Å². The molecule has 1 heterocycles. The first-order chi connectivity index (χ1) is 10.1. The Labute approximate surface area is 138 Å². The summed E-state index contributed by atoms with van der Waals surface area (Å²) in [4.78, 5) is 15.1. The zero-order valence-electron chi connectivity index (χ0n) is 11.3. The van der Waals surface area contributed by atoms with Crippen molar-refractivity contribution in [3.05, 3.63) is 65.3 Å². The van der Waals surface area contributed by atoms with E-state index in [0.717, 1.165) is 22.3 Å². The molecule has 0 atom stereocenters. The number of anilines is 2. The Balaban J connectivity index is 0.00000176. The molecule has 3 rings (SSSR count). The Morgan fingerprint density at radius 3 is 2.50 bits per heavy atom. The molecular weight excluding hydrogens is 323 g/mol. The zero-order chi connectivity index (χ0) is 14.8. The van der Waals surface area contributed by atoms with Crippen LogP contribution >= 0.6 is 24.0 Å². The van der Waals surface area contributed by atoms with Crippen molar-refractivity contribution in [3.8, 4) is 0 Å². The zero-order valence-corrected chi connectivity index (χ0v) is 12.9. The Hall–Kier alpha value is -2.30. The number of benzene rings is 2. The summed E-state index contributed by atoms with van der Waals surface area (Å²) in [5, 5.41) is 13.7. The average molecular weight is 335 g/mol. The molecule has 2 aromatic carbocycles. The molecule has 2 N–H and O–H groups in total. The third-order valence-electron chi connectivity index (χ3n) is 3.12. The largest absolute Gasteiger partial charge is 0.478 e. The van der Waals surface area contributed by atoms with Crippen molar-refractivity contribution in [2.45, 2.75) is 0 Å². The van der Waals surface area contributed by atoms with Crippen molar-refractivity contribution in [2.75, 3.05) is 5.32 Å². The minimum atomic E-state index is -0.939. The third-order valence-corrected chi connectivity index (χ3v) is 3.35. The van der Waals surface area contributed by atoms with E-state index < -0.39 is 5.97 Å². The van der Waals surface area contributed by atoms with E-state index in [0.29, 0.717) is 5.02 Å². The van der Waals surface area contributed by atoms with Gasteiger partial charge in [0.05, 0.1) is 11.1 Å². The van der Waals surface area contributed by atoms with Crippen molar-refractivity contribution >= 4 is 52.3 Å². The highest BCUT2D eigenvalue weighted by Crippen LogP contribution is 2.27. The van der Waals surface area contributed by atoms with Gasteiger partial charge in [0.1, 0.15) is 0 Å². The molecule has 112 valence electrons. The van der Waals surface area contributed by atoms with Crippen LogP contribution in [0.3, 0.4) is 0 Å². The molecule has 0 aliphatic carbocycles. The minimum absolute atomic E-state index is 0. The number of nitrogens with zero attached hydrogens (tertiary/aromatic N) is 1. The second kappa shape index (κ2) is 6.64. The number of pyridine rings is 1. The maximum absolute atomic E-state index is 10.8. The van der Waals surface area contributed by atoms with E-state index in [2.05, 4.69) is 10.3 Å². The van der Waals surface area contributed by atoms with E-state index in [-0.39, 0.29) is 18.0 Å². The number of carboxylic acids is 1. The Kier molecular flexibility index (Phi) is 4.85. The lowest BCUT2D eigenvalue weighted by Gasteiger charge is -2.09. The van der Waals surface area contributed by atoms with E-state index in [1.54, 1.807) is 36.5 Å². The highest BCUT2D eigenvalue weighted by molar-refractivity contribution is 6.31. The maximum atomic E-state index is 10.8. The molecular formula is C16H12Cl2N2O2. The van der Waals surface area contributed by atoms with Crippen LogP contribution in [0.5, 0.6) is 0 Å². The number of rotatable bonds is 3. The normalized spacial score (nSPS) is 10.0. The SMILES string of the molecule is Cl.O=C(O)c1ccc(Nc2ccnc3cc(Cl)ccc23)cc1. The average Bonchev–Trinajstić information content (AvgIpc) is 2.47. The molecule has 0 aliphatic rings. The van der Waals surface area contributed by atoms with Gasteiger partial charge in [-0.2, -0.15) is 0 Å². The van der Waals surface area contributed by atoms with Gasteiger partial charge in [0.2, 0.25) is 0 Å². The van der Waals surface area contributed by atoms with Gasteiger partial charge in [0, 0.05) is 28.0 Å². The van der Waals surface area contributed by atoms with Gasteiger partial charge < -0.3 is 10.4 Å². The van der Waals surface area contributed by atoms with Crippen LogP contribution in [-0.2, 0) is 0 Å². The summed E-state index contributed by atoms with van der Waals surface area (Å²) in [7, 11) is 0. The van der Waals surface area contributed by atoms with Crippen molar-refractivity contribution in [2.24, 2.45) is 0 Å². The lowest BCUT2D eigenvalue weighted by molar-refractivity contribution is 0.0697. The predicted molar refractivity (Wildman–Crippen MR) is 90.7 cm³/mol. The van der Waals surface area contributed by atoms with Gasteiger partial charge in [0.15, 0.2) is 0 Å². The molecule has 0 radical (unpaired) electrons. The number of aromatic nitrogens is 1. The molecule has 3 aromatic rings. The van der Waals surface area contributed by atoms with Gasteiger partial charge in [0.25, 0.3) is 0 Å². The summed E-state index contributed by atoms with van der Waals surface area (Å²) in [5.41, 5.74) is 2.75. The van der Waals surface area contributed by atoms with E-state index in [4.69, 9.17) is 16.7 Å². The van der Waals surface area contributed by atoms with Crippen LogP contribution in [0.1, 0.15) is 10.4 Å². The Bertz CT molecular complexity index is 820. The Morgan fingerprint density at radius 2 is 1.82 bits per heavy atom. The summed E-state index contributed by atoms with van der Waals surface area (Å²) >= 11 is 5.96. The molecule has 4 nitrogen and oxygen atoms in total. The number of fused-ring (bicyclic) bond motifs is 1. The quantitative estimate of drug-likeness (QED) is 0.725. The van der Waals surface area contributed by atoms with E-state index >= 15 is 0 Å². The highest BCUT2D eigenvalue weighted by atomic mass is 35.5. The smallest absolute Gasteiger partial charge is 0.335 e. The molecule has 0 amide bonds. The van der Waals surface area contributed by atoms with Crippen molar-refractivity contribution in [1.29, 1.82) is 0 Å². The molecule has 0 fully saturated rings. The molecule has 0 saturated heterocycles. The number of carbonyl (C=O) groups is 1. The molecule has 22 heavy (non-hydrogen) atoms. The standard InChI is InChI=1S/C16H11ClN2O2.ClH/c17-11-3-6-13-14(7-8-18-15(13)9-11)19-12-4-1-10(2-5-12)16(20)21;/h1-9H,(H,18,19)(H,20,21);1H. The van der Waals surface area contributed by atoms with Crippen molar-refractivity contribution < 1.29 is 9.90 Å². The maximum Gasteiger partial charge on any atom is 0.335 e. The molecule has 0 unspecified atom stereocenters. The van der Waals surface area contributed by atoms with Crippen LogP contribution in [0.15, 0.2) is 54.7 Å². The molecule has 0 bridgehead atoms. The lowest BCUT2D eigenvalue weighted by atomic mass is 10.1. The van der Waals surface area contributed by atoms with Crippen LogP contribution in [0.25, 0.3) is 10.9 Å². The van der Waals surface area contributed by atoms with Gasteiger partial charge in [-0.15, -0.1) is 12.4 Å². The first-order valence-corrected chi connectivity index (χ1v) is 6.66. The van der Waals surface area contributed by atoms with Crippen LogP contribution < -0.4 is 5.32 Å². The predicted octanol–water partition coefficient (Wildman–Crippen LogP) is 4.75. The van der Waals surface area contributed by atoms with Crippen LogP contribution in [0.4, 0.5) is 11.4 Å². The molecule has 1 aromatic heterocycles.